The summed E-state index contributed by atoms with van der Waals surface area (Å²) in [5.74, 6) is 3.11. The van der Waals surface area contributed by atoms with Crippen molar-refractivity contribution in [3.63, 3.8) is 0 Å². The third-order valence-corrected chi connectivity index (χ3v) is 9.51. The van der Waals surface area contributed by atoms with Crippen molar-refractivity contribution in [2.75, 3.05) is 19.8 Å². The summed E-state index contributed by atoms with van der Waals surface area (Å²) in [6.45, 7) is 15.0. The van der Waals surface area contributed by atoms with Crippen LogP contribution in [-0.2, 0) is 28.6 Å². The molecule has 1 rings (SSSR count). The fourth-order valence-electron chi connectivity index (χ4n) is 6.62. The zero-order valence-corrected chi connectivity index (χ0v) is 30.4. The lowest BCUT2D eigenvalue weighted by molar-refractivity contribution is -0.146. The van der Waals surface area contributed by atoms with Crippen molar-refractivity contribution >= 4 is 17.9 Å². The van der Waals surface area contributed by atoms with Crippen LogP contribution in [-0.4, -0.2) is 37.7 Å². The van der Waals surface area contributed by atoms with Crippen LogP contribution in [0.25, 0.3) is 0 Å². The van der Waals surface area contributed by atoms with Gasteiger partial charge in [-0.15, -0.1) is 0 Å². The van der Waals surface area contributed by atoms with Gasteiger partial charge in [-0.3, -0.25) is 14.4 Å². The second-order valence-electron chi connectivity index (χ2n) is 15.2. The fraction of sp³-hybridized carbons (Fsp3) is 0.923. The Morgan fingerprint density at radius 1 is 0.489 bits per heavy atom. The first kappa shape index (κ1) is 41.4. The van der Waals surface area contributed by atoms with Crippen LogP contribution in [0.4, 0.5) is 0 Å². The maximum Gasteiger partial charge on any atom is 0.305 e. The molecule has 45 heavy (non-hydrogen) atoms. The zero-order valence-electron chi connectivity index (χ0n) is 30.4. The quantitative estimate of drug-likeness (QED) is 0.0507. The van der Waals surface area contributed by atoms with Gasteiger partial charge in [0.25, 0.3) is 0 Å². The molecule has 1 fully saturated rings. The van der Waals surface area contributed by atoms with E-state index in [9.17, 15) is 14.4 Å². The highest BCUT2D eigenvalue weighted by atomic mass is 16.5. The lowest BCUT2D eigenvalue weighted by Crippen LogP contribution is -2.27. The van der Waals surface area contributed by atoms with Crippen LogP contribution in [0.1, 0.15) is 176 Å². The highest BCUT2D eigenvalue weighted by molar-refractivity contribution is 5.70. The molecule has 264 valence electrons. The van der Waals surface area contributed by atoms with Gasteiger partial charge in [0.05, 0.1) is 19.8 Å². The number of unbranched alkanes of at least 4 members (excludes halogenated alkanes) is 6. The Hall–Kier alpha value is -1.59. The first-order chi connectivity index (χ1) is 21.6. The van der Waals surface area contributed by atoms with Crippen molar-refractivity contribution in [1.29, 1.82) is 0 Å². The third-order valence-electron chi connectivity index (χ3n) is 9.51. The van der Waals surface area contributed by atoms with Gasteiger partial charge in [0.2, 0.25) is 0 Å². The highest BCUT2D eigenvalue weighted by Gasteiger charge is 2.31. The Labute approximate surface area is 277 Å². The van der Waals surface area contributed by atoms with E-state index in [0.717, 1.165) is 94.8 Å². The minimum Gasteiger partial charge on any atom is -0.466 e. The van der Waals surface area contributed by atoms with Crippen molar-refractivity contribution < 1.29 is 28.6 Å². The van der Waals surface area contributed by atoms with Crippen molar-refractivity contribution in [3.05, 3.63) is 0 Å². The topological polar surface area (TPSA) is 78.9 Å². The molecule has 0 aliphatic heterocycles. The number of rotatable bonds is 27. The van der Waals surface area contributed by atoms with Crippen LogP contribution in [0.2, 0.25) is 0 Å². The minimum absolute atomic E-state index is 0.0820. The average Bonchev–Trinajstić information content (AvgIpc) is 2.99. The van der Waals surface area contributed by atoms with Gasteiger partial charge in [0.15, 0.2) is 0 Å². The Morgan fingerprint density at radius 3 is 1.27 bits per heavy atom. The number of carbonyl (C=O) groups excluding carboxylic acids is 3. The van der Waals surface area contributed by atoms with Gasteiger partial charge in [0.1, 0.15) is 0 Å². The summed E-state index contributed by atoms with van der Waals surface area (Å²) < 4.78 is 16.6. The summed E-state index contributed by atoms with van der Waals surface area (Å²) in [5, 5.41) is 0. The molecule has 0 heterocycles. The third kappa shape index (κ3) is 24.3. The van der Waals surface area contributed by atoms with Crippen LogP contribution < -0.4 is 0 Å². The van der Waals surface area contributed by atoms with E-state index in [-0.39, 0.29) is 17.9 Å². The number of ether oxygens (including phenoxy) is 3. The Kier molecular flexibility index (Phi) is 24.4. The molecular formula is C39H72O6. The predicted molar refractivity (Wildman–Crippen MR) is 185 cm³/mol. The van der Waals surface area contributed by atoms with E-state index >= 15 is 0 Å². The lowest BCUT2D eigenvalue weighted by atomic mass is 9.69. The van der Waals surface area contributed by atoms with E-state index in [4.69, 9.17) is 14.2 Å². The molecule has 6 nitrogen and oxygen atoms in total. The molecule has 0 aromatic heterocycles. The summed E-state index contributed by atoms with van der Waals surface area (Å²) in [5.41, 5.74) is 0. The summed E-state index contributed by atoms with van der Waals surface area (Å²) >= 11 is 0. The van der Waals surface area contributed by atoms with Gasteiger partial charge in [-0.25, -0.2) is 0 Å². The van der Waals surface area contributed by atoms with Crippen molar-refractivity contribution in [2.45, 2.75) is 176 Å². The Morgan fingerprint density at radius 2 is 0.867 bits per heavy atom. The van der Waals surface area contributed by atoms with Gasteiger partial charge >= 0.3 is 17.9 Å². The highest BCUT2D eigenvalue weighted by Crippen LogP contribution is 2.41. The van der Waals surface area contributed by atoms with Crippen LogP contribution in [0.5, 0.6) is 0 Å². The Balaban J connectivity index is 2.47. The van der Waals surface area contributed by atoms with E-state index in [1.54, 1.807) is 0 Å². The summed E-state index contributed by atoms with van der Waals surface area (Å²) in [4.78, 5) is 37.5. The van der Waals surface area contributed by atoms with E-state index < -0.39 is 0 Å². The number of hydrogen-bond donors (Lipinski definition) is 0. The van der Waals surface area contributed by atoms with E-state index in [1.807, 2.05) is 0 Å². The second-order valence-corrected chi connectivity index (χ2v) is 15.2. The fourth-order valence-corrected chi connectivity index (χ4v) is 6.62. The largest absolute Gasteiger partial charge is 0.466 e. The minimum atomic E-state index is -0.103. The maximum atomic E-state index is 12.6. The SMILES string of the molecule is CC(C)CCCCCOC(=O)CCC1CCC(CCC(=O)OCCCCCC(C)C)C(CCC(=O)OCCCCCC(C)C)C1. The predicted octanol–water partition coefficient (Wildman–Crippen LogP) is 10.6. The molecule has 3 unspecified atom stereocenters. The molecule has 6 heteroatoms. The number of carbonyl (C=O) groups is 3. The molecule has 0 bridgehead atoms. The van der Waals surface area contributed by atoms with Crippen LogP contribution in [0.15, 0.2) is 0 Å². The maximum absolute atomic E-state index is 12.6. The molecule has 1 saturated carbocycles. The smallest absolute Gasteiger partial charge is 0.305 e. The van der Waals surface area contributed by atoms with E-state index in [1.165, 1.54) is 38.5 Å². The summed E-state index contributed by atoms with van der Waals surface area (Å²) in [6, 6.07) is 0. The van der Waals surface area contributed by atoms with Crippen LogP contribution in [0.3, 0.4) is 0 Å². The molecule has 0 saturated heterocycles. The molecule has 0 N–H and O–H groups in total. The standard InChI is InChI=1S/C39H72O6/c1-31(2)16-10-7-13-27-43-37(40)24-20-34-19-21-35(22-25-38(41)44-28-14-8-11-17-32(3)4)36(30-34)23-26-39(42)45-29-15-9-12-18-33(5)6/h31-36H,7-30H2,1-6H3. The Bertz CT molecular complexity index is 761. The first-order valence-electron chi connectivity index (χ1n) is 19.0. The van der Waals surface area contributed by atoms with E-state index in [0.29, 0.717) is 56.8 Å². The molecular weight excluding hydrogens is 564 g/mol. The van der Waals surface area contributed by atoms with E-state index in [2.05, 4.69) is 41.5 Å². The summed E-state index contributed by atoms with van der Waals surface area (Å²) in [7, 11) is 0. The molecule has 0 spiro atoms. The molecule has 3 atom stereocenters. The van der Waals surface area contributed by atoms with Gasteiger partial charge in [-0.2, -0.15) is 0 Å². The molecule has 1 aliphatic carbocycles. The van der Waals surface area contributed by atoms with Crippen molar-refractivity contribution in [2.24, 2.45) is 35.5 Å². The molecule has 0 aromatic rings. The first-order valence-corrected chi connectivity index (χ1v) is 19.0. The van der Waals surface area contributed by atoms with Crippen molar-refractivity contribution in [3.8, 4) is 0 Å². The number of esters is 3. The van der Waals surface area contributed by atoms with Gasteiger partial charge in [-0.05, 0) is 86.9 Å². The molecule has 0 amide bonds. The zero-order chi connectivity index (χ0) is 33.3. The molecule has 0 radical (unpaired) electrons. The normalized spacial score (nSPS) is 18.5. The second kappa shape index (κ2) is 26.5. The van der Waals surface area contributed by atoms with Crippen molar-refractivity contribution in [1.82, 2.24) is 0 Å². The van der Waals surface area contributed by atoms with Gasteiger partial charge in [0, 0.05) is 19.3 Å². The molecule has 0 aromatic carbocycles. The van der Waals surface area contributed by atoms with Crippen LogP contribution >= 0.6 is 0 Å². The van der Waals surface area contributed by atoms with Gasteiger partial charge in [-0.1, -0.05) is 106 Å². The monoisotopic (exact) mass is 637 g/mol. The van der Waals surface area contributed by atoms with Crippen LogP contribution in [0, 0.1) is 35.5 Å². The average molecular weight is 637 g/mol. The lowest BCUT2D eigenvalue weighted by Gasteiger charge is -2.36. The van der Waals surface area contributed by atoms with Gasteiger partial charge < -0.3 is 14.2 Å². The molecule has 1 aliphatic rings. The number of hydrogen-bond acceptors (Lipinski definition) is 6. The summed E-state index contributed by atoms with van der Waals surface area (Å²) in [6.07, 6.45) is 20.3.